The van der Waals surface area contributed by atoms with E-state index in [9.17, 15) is 8.42 Å². The number of hydrogen-bond donors (Lipinski definition) is 1. The third-order valence-corrected chi connectivity index (χ3v) is 3.18. The quantitative estimate of drug-likeness (QED) is 0.793. The van der Waals surface area contributed by atoms with Gasteiger partial charge in [0.1, 0.15) is 5.82 Å². The molecule has 80 valence electrons. The molecular weight excluding hydrogens is 212 g/mol. The summed E-state index contributed by atoms with van der Waals surface area (Å²) in [6, 6.07) is 3.78. The summed E-state index contributed by atoms with van der Waals surface area (Å²) in [4.78, 5) is 4.27. The third kappa shape index (κ3) is 2.02. The number of nitrogens with one attached hydrogen (secondary N) is 1. The number of hydrogen-bond acceptors (Lipinski definition) is 3. The molecule has 0 aliphatic carbocycles. The Morgan fingerprint density at radius 1 is 1.33 bits per heavy atom. The fourth-order valence-electron chi connectivity index (χ4n) is 1.35. The Kier molecular flexibility index (Phi) is 2.26. The summed E-state index contributed by atoms with van der Waals surface area (Å²) < 4.78 is 24.9. The van der Waals surface area contributed by atoms with Crippen LogP contribution >= 0.6 is 0 Å². The zero-order valence-corrected chi connectivity index (χ0v) is 9.38. The van der Waals surface area contributed by atoms with Crippen LogP contribution in [0.2, 0.25) is 0 Å². The topological polar surface area (TPSA) is 59.1 Å². The van der Waals surface area contributed by atoms with Crippen LogP contribution in [0.15, 0.2) is 17.5 Å². The molecule has 1 aromatic heterocycles. The summed E-state index contributed by atoms with van der Waals surface area (Å²) in [5, 5.41) is 1.14. The standard InChI is InChI=1S/C10H12N2O2S/c1-7(2)9-4-3-8-5-6-15(13,14)12-10(8)11-9/h3-7H,1-2H3,(H,11,12). The Balaban J connectivity index is 2.51. The first-order valence-electron chi connectivity index (χ1n) is 4.70. The van der Waals surface area contributed by atoms with Crippen molar-refractivity contribution in [1.82, 2.24) is 4.98 Å². The zero-order chi connectivity index (χ0) is 11.1. The van der Waals surface area contributed by atoms with Crippen LogP contribution in [0.3, 0.4) is 0 Å². The predicted octanol–water partition coefficient (Wildman–Crippen LogP) is 1.93. The number of aromatic nitrogens is 1. The molecule has 0 atom stereocenters. The average molecular weight is 224 g/mol. The largest absolute Gasteiger partial charge is 0.263 e. The molecule has 1 aliphatic rings. The number of anilines is 1. The van der Waals surface area contributed by atoms with Crippen molar-refractivity contribution in [1.29, 1.82) is 0 Å². The maximum atomic E-state index is 11.3. The number of pyridine rings is 1. The van der Waals surface area contributed by atoms with Gasteiger partial charge in [-0.25, -0.2) is 13.4 Å². The van der Waals surface area contributed by atoms with E-state index >= 15 is 0 Å². The van der Waals surface area contributed by atoms with E-state index in [-0.39, 0.29) is 5.92 Å². The fraction of sp³-hybridized carbons (Fsp3) is 0.300. The van der Waals surface area contributed by atoms with Crippen molar-refractivity contribution in [3.05, 3.63) is 28.8 Å². The smallest absolute Gasteiger partial charge is 0.256 e. The zero-order valence-electron chi connectivity index (χ0n) is 8.56. The van der Waals surface area contributed by atoms with Gasteiger partial charge in [-0.3, -0.25) is 4.72 Å². The van der Waals surface area contributed by atoms with Crippen LogP contribution < -0.4 is 4.72 Å². The van der Waals surface area contributed by atoms with E-state index in [1.165, 1.54) is 0 Å². The molecule has 0 amide bonds. The monoisotopic (exact) mass is 224 g/mol. The van der Waals surface area contributed by atoms with Gasteiger partial charge in [-0.2, -0.15) is 0 Å². The number of fused-ring (bicyclic) bond motifs is 1. The Hall–Kier alpha value is -1.36. The first-order chi connectivity index (χ1) is 6.98. The van der Waals surface area contributed by atoms with Crippen LogP contribution in [0.5, 0.6) is 0 Å². The maximum Gasteiger partial charge on any atom is 0.256 e. The van der Waals surface area contributed by atoms with Crippen molar-refractivity contribution >= 4 is 21.9 Å². The lowest BCUT2D eigenvalue weighted by Crippen LogP contribution is -2.15. The normalized spacial score (nSPS) is 17.3. The molecule has 4 nitrogen and oxygen atoms in total. The van der Waals surface area contributed by atoms with E-state index in [4.69, 9.17) is 0 Å². The summed E-state index contributed by atoms with van der Waals surface area (Å²) in [6.45, 7) is 4.03. The lowest BCUT2D eigenvalue weighted by Gasteiger charge is -2.14. The molecule has 2 heterocycles. The van der Waals surface area contributed by atoms with E-state index in [0.717, 1.165) is 16.7 Å². The molecule has 1 aliphatic heterocycles. The highest BCUT2D eigenvalue weighted by Gasteiger charge is 2.16. The van der Waals surface area contributed by atoms with Gasteiger partial charge in [0.2, 0.25) is 0 Å². The Morgan fingerprint density at radius 2 is 2.07 bits per heavy atom. The Labute approximate surface area is 89.1 Å². The molecule has 0 unspecified atom stereocenters. The molecule has 1 N–H and O–H groups in total. The van der Waals surface area contributed by atoms with Gasteiger partial charge in [-0.05, 0) is 24.1 Å². The summed E-state index contributed by atoms with van der Waals surface area (Å²) >= 11 is 0. The molecule has 5 heteroatoms. The second-order valence-electron chi connectivity index (χ2n) is 3.78. The van der Waals surface area contributed by atoms with Gasteiger partial charge in [0.15, 0.2) is 0 Å². The highest BCUT2D eigenvalue weighted by atomic mass is 32.2. The number of nitrogens with zero attached hydrogens (tertiary/aromatic N) is 1. The lowest BCUT2D eigenvalue weighted by atomic mass is 10.1. The van der Waals surface area contributed by atoms with Crippen molar-refractivity contribution < 1.29 is 8.42 Å². The minimum absolute atomic E-state index is 0.283. The van der Waals surface area contributed by atoms with Crippen LogP contribution in [0.4, 0.5) is 5.82 Å². The first-order valence-corrected chi connectivity index (χ1v) is 6.24. The number of sulfonamides is 1. The van der Waals surface area contributed by atoms with Crippen molar-refractivity contribution in [3.8, 4) is 0 Å². The summed E-state index contributed by atoms with van der Waals surface area (Å²) in [7, 11) is -3.33. The third-order valence-electron chi connectivity index (χ3n) is 2.21. The highest BCUT2D eigenvalue weighted by Crippen LogP contribution is 2.24. The maximum absolute atomic E-state index is 11.3. The minimum Gasteiger partial charge on any atom is -0.263 e. The van der Waals surface area contributed by atoms with Crippen LogP contribution in [0.1, 0.15) is 31.0 Å². The average Bonchev–Trinajstić information content (AvgIpc) is 2.15. The van der Waals surface area contributed by atoms with Crippen molar-refractivity contribution in [2.45, 2.75) is 19.8 Å². The van der Waals surface area contributed by atoms with E-state index in [1.54, 1.807) is 6.08 Å². The molecular formula is C10H12N2O2S. The van der Waals surface area contributed by atoms with E-state index < -0.39 is 10.0 Å². The van der Waals surface area contributed by atoms with Gasteiger partial charge in [0, 0.05) is 11.3 Å². The molecule has 0 spiro atoms. The second-order valence-corrected chi connectivity index (χ2v) is 5.34. The molecule has 0 saturated carbocycles. The summed E-state index contributed by atoms with van der Waals surface area (Å²) in [5.41, 5.74) is 1.68. The van der Waals surface area contributed by atoms with Gasteiger partial charge in [-0.1, -0.05) is 13.8 Å². The van der Waals surface area contributed by atoms with Crippen molar-refractivity contribution in [2.24, 2.45) is 0 Å². The van der Waals surface area contributed by atoms with Crippen LogP contribution in [-0.4, -0.2) is 13.4 Å². The summed E-state index contributed by atoms with van der Waals surface area (Å²) in [6.07, 6.45) is 1.55. The Bertz CT molecular complexity index is 518. The van der Waals surface area contributed by atoms with Gasteiger partial charge in [0.25, 0.3) is 10.0 Å². The van der Waals surface area contributed by atoms with Crippen LogP contribution in [0.25, 0.3) is 6.08 Å². The fourth-order valence-corrected chi connectivity index (χ4v) is 2.18. The van der Waals surface area contributed by atoms with Crippen molar-refractivity contribution in [3.63, 3.8) is 0 Å². The molecule has 15 heavy (non-hydrogen) atoms. The predicted molar refractivity (Wildman–Crippen MR) is 59.9 cm³/mol. The van der Waals surface area contributed by atoms with Crippen LogP contribution in [-0.2, 0) is 10.0 Å². The van der Waals surface area contributed by atoms with Crippen LogP contribution in [0, 0.1) is 0 Å². The molecule has 0 radical (unpaired) electrons. The minimum atomic E-state index is -3.33. The van der Waals surface area contributed by atoms with Gasteiger partial charge >= 0.3 is 0 Å². The molecule has 0 saturated heterocycles. The second kappa shape index (κ2) is 3.34. The SMILES string of the molecule is CC(C)c1ccc2c(n1)NS(=O)(=O)C=C2. The molecule has 0 bridgehead atoms. The highest BCUT2D eigenvalue weighted by molar-refractivity contribution is 7.95. The summed E-state index contributed by atoms with van der Waals surface area (Å²) in [5.74, 6) is 0.703. The molecule has 0 aromatic carbocycles. The van der Waals surface area contributed by atoms with Gasteiger partial charge in [-0.15, -0.1) is 0 Å². The number of rotatable bonds is 1. The first kappa shape index (κ1) is 10.2. The Morgan fingerprint density at radius 3 is 2.73 bits per heavy atom. The van der Waals surface area contributed by atoms with Gasteiger partial charge in [0.05, 0.1) is 5.41 Å². The van der Waals surface area contributed by atoms with Gasteiger partial charge < -0.3 is 0 Å². The molecule has 0 fully saturated rings. The lowest BCUT2D eigenvalue weighted by molar-refractivity contribution is 0.609. The molecule has 2 rings (SSSR count). The van der Waals surface area contributed by atoms with E-state index in [1.807, 2.05) is 26.0 Å². The molecule has 1 aromatic rings. The van der Waals surface area contributed by atoms with Crippen molar-refractivity contribution in [2.75, 3.05) is 4.72 Å². The van der Waals surface area contributed by atoms with E-state index in [0.29, 0.717) is 5.82 Å². The van der Waals surface area contributed by atoms with E-state index in [2.05, 4.69) is 9.71 Å².